The van der Waals surface area contributed by atoms with Crippen LogP contribution in [0.3, 0.4) is 0 Å². The maximum Gasteiger partial charge on any atom is 0.276 e. The maximum atomic E-state index is 11.9. The van der Waals surface area contributed by atoms with Crippen molar-refractivity contribution in [1.29, 1.82) is 0 Å². The molecule has 5 heteroatoms. The maximum absolute atomic E-state index is 11.9. The molecule has 0 aliphatic carbocycles. The van der Waals surface area contributed by atoms with Gasteiger partial charge in [-0.2, -0.15) is 0 Å². The van der Waals surface area contributed by atoms with Gasteiger partial charge in [0.1, 0.15) is 5.76 Å². The molecule has 1 aliphatic heterocycles. The summed E-state index contributed by atoms with van der Waals surface area (Å²) >= 11 is 0. The van der Waals surface area contributed by atoms with Crippen molar-refractivity contribution in [2.45, 2.75) is 25.8 Å². The fourth-order valence-corrected chi connectivity index (χ4v) is 1.91. The van der Waals surface area contributed by atoms with Gasteiger partial charge in [0.05, 0.1) is 12.6 Å². The van der Waals surface area contributed by atoms with E-state index >= 15 is 0 Å². The van der Waals surface area contributed by atoms with Crippen molar-refractivity contribution in [3.05, 3.63) is 17.5 Å². The summed E-state index contributed by atoms with van der Waals surface area (Å²) in [6.07, 6.45) is 1.80. The smallest absolute Gasteiger partial charge is 0.276 e. The number of carbonyl (C=O) groups is 1. The SMILES string of the molecule is Cc1cc(C(=O)N2CCCC2CO)no1. The van der Waals surface area contributed by atoms with Crippen LogP contribution in [0, 0.1) is 6.92 Å². The molecule has 5 nitrogen and oxygen atoms in total. The lowest BCUT2D eigenvalue weighted by molar-refractivity contribution is 0.0667. The number of aliphatic hydroxyl groups is 1. The third kappa shape index (κ3) is 1.87. The fraction of sp³-hybridized carbons (Fsp3) is 0.600. The van der Waals surface area contributed by atoms with Crippen LogP contribution >= 0.6 is 0 Å². The quantitative estimate of drug-likeness (QED) is 0.775. The molecule has 0 spiro atoms. The summed E-state index contributed by atoms with van der Waals surface area (Å²) in [4.78, 5) is 13.6. The first-order chi connectivity index (χ1) is 7.22. The van der Waals surface area contributed by atoms with Gasteiger partial charge in [0, 0.05) is 12.6 Å². The largest absolute Gasteiger partial charge is 0.394 e. The highest BCUT2D eigenvalue weighted by molar-refractivity contribution is 5.92. The molecule has 1 aromatic heterocycles. The van der Waals surface area contributed by atoms with Gasteiger partial charge in [-0.05, 0) is 19.8 Å². The molecule has 1 unspecified atom stereocenters. The molecule has 1 amide bonds. The Hall–Kier alpha value is -1.36. The number of rotatable bonds is 2. The molecule has 2 rings (SSSR count). The van der Waals surface area contributed by atoms with Crippen molar-refractivity contribution in [2.75, 3.05) is 13.2 Å². The highest BCUT2D eigenvalue weighted by atomic mass is 16.5. The summed E-state index contributed by atoms with van der Waals surface area (Å²) in [5, 5.41) is 12.8. The van der Waals surface area contributed by atoms with Crippen LogP contribution in [0.2, 0.25) is 0 Å². The highest BCUT2D eigenvalue weighted by Crippen LogP contribution is 2.19. The fourth-order valence-electron chi connectivity index (χ4n) is 1.91. The topological polar surface area (TPSA) is 66.6 Å². The molecular weight excluding hydrogens is 196 g/mol. The van der Waals surface area contributed by atoms with Crippen molar-refractivity contribution >= 4 is 5.91 Å². The van der Waals surface area contributed by atoms with E-state index < -0.39 is 0 Å². The number of amides is 1. The second-order valence-electron chi connectivity index (χ2n) is 3.80. The van der Waals surface area contributed by atoms with E-state index in [0.29, 0.717) is 18.0 Å². The Bertz CT molecular complexity index is 361. The monoisotopic (exact) mass is 210 g/mol. The van der Waals surface area contributed by atoms with Crippen LogP contribution in [-0.2, 0) is 0 Å². The van der Waals surface area contributed by atoms with E-state index in [1.807, 2.05) is 0 Å². The third-order valence-electron chi connectivity index (χ3n) is 2.70. The number of hydrogen-bond donors (Lipinski definition) is 1. The molecule has 0 bridgehead atoms. The molecule has 0 saturated carbocycles. The van der Waals surface area contributed by atoms with Crippen LogP contribution in [0.5, 0.6) is 0 Å². The zero-order valence-electron chi connectivity index (χ0n) is 8.64. The Morgan fingerprint density at radius 1 is 1.80 bits per heavy atom. The normalized spacial score (nSPS) is 20.9. The molecule has 0 radical (unpaired) electrons. The van der Waals surface area contributed by atoms with E-state index in [2.05, 4.69) is 5.16 Å². The van der Waals surface area contributed by atoms with E-state index in [1.165, 1.54) is 0 Å². The molecule has 15 heavy (non-hydrogen) atoms. The number of aromatic nitrogens is 1. The Morgan fingerprint density at radius 3 is 3.20 bits per heavy atom. The molecule has 1 aliphatic rings. The molecule has 82 valence electrons. The molecule has 1 fully saturated rings. The van der Waals surface area contributed by atoms with Crippen molar-refractivity contribution in [3.63, 3.8) is 0 Å². The van der Waals surface area contributed by atoms with Crippen LogP contribution in [0.15, 0.2) is 10.6 Å². The van der Waals surface area contributed by atoms with Gasteiger partial charge in [0.25, 0.3) is 5.91 Å². The van der Waals surface area contributed by atoms with Gasteiger partial charge in [-0.1, -0.05) is 5.16 Å². The first kappa shape index (κ1) is 10.2. The number of aliphatic hydroxyl groups excluding tert-OH is 1. The second kappa shape index (κ2) is 4.02. The van der Waals surface area contributed by atoms with Crippen molar-refractivity contribution in [2.24, 2.45) is 0 Å². The summed E-state index contributed by atoms with van der Waals surface area (Å²) in [7, 11) is 0. The minimum Gasteiger partial charge on any atom is -0.394 e. The first-order valence-electron chi connectivity index (χ1n) is 5.07. The Labute approximate surface area is 87.7 Å². The number of hydrogen-bond acceptors (Lipinski definition) is 4. The lowest BCUT2D eigenvalue weighted by atomic mass is 10.2. The predicted octanol–water partition coefficient (Wildman–Crippen LogP) is 0.580. The van der Waals surface area contributed by atoms with Crippen LogP contribution in [-0.4, -0.2) is 40.3 Å². The molecule has 1 saturated heterocycles. The highest BCUT2D eigenvalue weighted by Gasteiger charge is 2.30. The van der Waals surface area contributed by atoms with Gasteiger partial charge in [-0.3, -0.25) is 4.79 Å². The van der Waals surface area contributed by atoms with Crippen LogP contribution in [0.1, 0.15) is 29.1 Å². The molecule has 0 aromatic carbocycles. The number of carbonyl (C=O) groups excluding carboxylic acids is 1. The Morgan fingerprint density at radius 2 is 2.60 bits per heavy atom. The van der Waals surface area contributed by atoms with E-state index in [9.17, 15) is 4.79 Å². The first-order valence-corrected chi connectivity index (χ1v) is 5.07. The van der Waals surface area contributed by atoms with Crippen molar-refractivity contribution < 1.29 is 14.4 Å². The summed E-state index contributed by atoms with van der Waals surface area (Å²) in [6.45, 7) is 2.45. The van der Waals surface area contributed by atoms with E-state index in [1.54, 1.807) is 17.9 Å². The molecule has 1 aromatic rings. The van der Waals surface area contributed by atoms with Gasteiger partial charge < -0.3 is 14.5 Å². The van der Waals surface area contributed by atoms with E-state index in [4.69, 9.17) is 9.63 Å². The van der Waals surface area contributed by atoms with Gasteiger partial charge in [-0.15, -0.1) is 0 Å². The van der Waals surface area contributed by atoms with Crippen LogP contribution in [0.4, 0.5) is 0 Å². The third-order valence-corrected chi connectivity index (χ3v) is 2.70. The Kier molecular flexibility index (Phi) is 2.73. The van der Waals surface area contributed by atoms with Crippen LogP contribution in [0.25, 0.3) is 0 Å². The van der Waals surface area contributed by atoms with Crippen LogP contribution < -0.4 is 0 Å². The number of nitrogens with zero attached hydrogens (tertiary/aromatic N) is 2. The van der Waals surface area contributed by atoms with Gasteiger partial charge in [0.15, 0.2) is 5.69 Å². The van der Waals surface area contributed by atoms with Gasteiger partial charge in [0.2, 0.25) is 0 Å². The van der Waals surface area contributed by atoms with E-state index in [0.717, 1.165) is 12.8 Å². The summed E-state index contributed by atoms with van der Waals surface area (Å²) in [6, 6.07) is 1.56. The lowest BCUT2D eigenvalue weighted by Gasteiger charge is -2.21. The summed E-state index contributed by atoms with van der Waals surface area (Å²) in [5.74, 6) is 0.474. The zero-order valence-corrected chi connectivity index (χ0v) is 8.64. The minimum atomic E-state index is -0.150. The van der Waals surface area contributed by atoms with E-state index in [-0.39, 0.29) is 18.6 Å². The summed E-state index contributed by atoms with van der Waals surface area (Å²) < 4.78 is 4.85. The van der Waals surface area contributed by atoms with Crippen molar-refractivity contribution in [3.8, 4) is 0 Å². The molecule has 1 atom stereocenters. The number of likely N-dealkylation sites (tertiary alicyclic amines) is 1. The molecule has 1 N–H and O–H groups in total. The minimum absolute atomic E-state index is 0.0164. The standard InChI is InChI=1S/C10H14N2O3/c1-7-5-9(11-15-7)10(14)12-4-2-3-8(12)6-13/h5,8,13H,2-4,6H2,1H3. The lowest BCUT2D eigenvalue weighted by Crippen LogP contribution is -2.37. The average molecular weight is 210 g/mol. The zero-order chi connectivity index (χ0) is 10.8. The van der Waals surface area contributed by atoms with Gasteiger partial charge in [-0.25, -0.2) is 0 Å². The predicted molar refractivity (Wildman–Crippen MR) is 52.4 cm³/mol. The molecular formula is C10H14N2O3. The molecule has 2 heterocycles. The van der Waals surface area contributed by atoms with Crippen molar-refractivity contribution in [1.82, 2.24) is 10.1 Å². The number of aryl methyl sites for hydroxylation is 1. The van der Waals surface area contributed by atoms with Gasteiger partial charge >= 0.3 is 0 Å². The average Bonchev–Trinajstić information content (AvgIpc) is 2.84. The second-order valence-corrected chi connectivity index (χ2v) is 3.80. The summed E-state index contributed by atoms with van der Waals surface area (Å²) in [5.41, 5.74) is 0.327. The Balaban J connectivity index is 2.13.